The Kier molecular flexibility index (Phi) is 10.4. The third kappa shape index (κ3) is 6.56. The van der Waals surface area contributed by atoms with Gasteiger partial charge < -0.3 is 19.9 Å². The number of halogens is 1. The van der Waals surface area contributed by atoms with E-state index in [1.807, 2.05) is 10.6 Å². The van der Waals surface area contributed by atoms with Gasteiger partial charge in [-0.05, 0) is 57.5 Å². The summed E-state index contributed by atoms with van der Waals surface area (Å²) in [4.78, 5) is 7.26. The van der Waals surface area contributed by atoms with Crippen LogP contribution in [0.4, 0.5) is 0 Å². The summed E-state index contributed by atoms with van der Waals surface area (Å²) in [6.45, 7) is 9.32. The molecule has 2 heterocycles. The minimum atomic E-state index is 0. The van der Waals surface area contributed by atoms with E-state index in [0.717, 1.165) is 50.3 Å². The molecule has 8 nitrogen and oxygen atoms in total. The molecule has 1 aromatic carbocycles. The molecular weight excluding hydrogens is 493 g/mol. The fraction of sp³-hybridized carbons (Fsp3) is 0.571. The molecule has 1 atom stereocenters. The smallest absolute Gasteiger partial charge is 0.191 e. The maximum Gasteiger partial charge on any atom is 0.191 e. The van der Waals surface area contributed by atoms with Gasteiger partial charge in [-0.3, -0.25) is 4.90 Å². The van der Waals surface area contributed by atoms with Crippen molar-refractivity contribution in [1.82, 2.24) is 30.3 Å². The number of guanidine groups is 1. The second kappa shape index (κ2) is 12.7. The van der Waals surface area contributed by atoms with Gasteiger partial charge in [0.15, 0.2) is 11.8 Å². The van der Waals surface area contributed by atoms with Crippen molar-refractivity contribution in [2.75, 3.05) is 33.3 Å². The van der Waals surface area contributed by atoms with E-state index >= 15 is 0 Å². The van der Waals surface area contributed by atoms with Crippen LogP contribution in [0.2, 0.25) is 0 Å². The van der Waals surface area contributed by atoms with Gasteiger partial charge in [0.05, 0.1) is 13.2 Å². The molecular formula is C21H34IN7O. The van der Waals surface area contributed by atoms with Crippen LogP contribution in [0.5, 0.6) is 5.75 Å². The highest BCUT2D eigenvalue weighted by Gasteiger charge is 2.24. The van der Waals surface area contributed by atoms with E-state index < -0.39 is 0 Å². The van der Waals surface area contributed by atoms with E-state index in [0.29, 0.717) is 6.54 Å². The van der Waals surface area contributed by atoms with Gasteiger partial charge in [-0.1, -0.05) is 12.1 Å². The van der Waals surface area contributed by atoms with E-state index in [1.54, 1.807) is 13.4 Å². The lowest BCUT2D eigenvalue weighted by atomic mass is 10.1. The summed E-state index contributed by atoms with van der Waals surface area (Å²) < 4.78 is 7.45. The molecule has 9 heteroatoms. The highest BCUT2D eigenvalue weighted by Crippen LogP contribution is 2.27. The van der Waals surface area contributed by atoms with Gasteiger partial charge in [-0.2, -0.15) is 0 Å². The lowest BCUT2D eigenvalue weighted by Crippen LogP contribution is -2.42. The Labute approximate surface area is 196 Å². The van der Waals surface area contributed by atoms with Crippen molar-refractivity contribution in [1.29, 1.82) is 0 Å². The van der Waals surface area contributed by atoms with Crippen molar-refractivity contribution in [3.63, 3.8) is 0 Å². The Hall–Kier alpha value is -1.88. The van der Waals surface area contributed by atoms with Gasteiger partial charge >= 0.3 is 0 Å². The molecule has 0 saturated carbocycles. The molecule has 1 fully saturated rings. The minimum Gasteiger partial charge on any atom is -0.497 e. The maximum absolute atomic E-state index is 5.44. The first-order chi connectivity index (χ1) is 14.2. The summed E-state index contributed by atoms with van der Waals surface area (Å²) in [5.74, 6) is 2.56. The molecule has 1 unspecified atom stereocenters. The lowest BCUT2D eigenvalue weighted by molar-refractivity contribution is 0.245. The monoisotopic (exact) mass is 527 g/mol. The Balaban J connectivity index is 0.00000320. The second-order valence-corrected chi connectivity index (χ2v) is 7.14. The van der Waals surface area contributed by atoms with Gasteiger partial charge in [0.2, 0.25) is 0 Å². The number of methoxy groups -OCH3 is 1. The van der Waals surface area contributed by atoms with E-state index in [1.165, 1.54) is 18.4 Å². The van der Waals surface area contributed by atoms with Crippen molar-refractivity contribution >= 4 is 29.9 Å². The molecule has 166 valence electrons. The molecule has 0 spiro atoms. The van der Waals surface area contributed by atoms with Crippen LogP contribution in [0.1, 0.15) is 44.1 Å². The van der Waals surface area contributed by atoms with E-state index in [9.17, 15) is 0 Å². The number of ether oxygens (including phenoxy) is 1. The molecule has 1 aromatic heterocycles. The number of hydrogen-bond donors (Lipinski definition) is 2. The average molecular weight is 527 g/mol. The standard InChI is InChI=1S/C21H33N7O.HI/c1-4-22-21(24-15-20-26-25-16-27(20)5-2)23-14-19(28-11-6-7-12-28)17-9-8-10-18(13-17)29-3;/h8-10,13,16,19H,4-7,11-12,14-15H2,1-3H3,(H2,22,23,24);1H. The normalized spacial score (nSPS) is 15.5. The predicted molar refractivity (Wildman–Crippen MR) is 130 cm³/mol. The summed E-state index contributed by atoms with van der Waals surface area (Å²) in [6, 6.07) is 8.65. The molecule has 1 aliphatic heterocycles. The number of aliphatic imine (C=N–C) groups is 1. The summed E-state index contributed by atoms with van der Waals surface area (Å²) in [7, 11) is 1.72. The third-order valence-electron chi connectivity index (χ3n) is 5.28. The van der Waals surface area contributed by atoms with Crippen LogP contribution in [0, 0.1) is 0 Å². The largest absolute Gasteiger partial charge is 0.497 e. The third-order valence-corrected chi connectivity index (χ3v) is 5.28. The topological polar surface area (TPSA) is 79.6 Å². The highest BCUT2D eigenvalue weighted by atomic mass is 127. The van der Waals surface area contributed by atoms with E-state index in [-0.39, 0.29) is 30.0 Å². The Morgan fingerprint density at radius 3 is 2.73 bits per heavy atom. The molecule has 1 saturated heterocycles. The molecule has 2 N–H and O–H groups in total. The van der Waals surface area contributed by atoms with Crippen molar-refractivity contribution < 1.29 is 4.74 Å². The number of benzene rings is 1. The molecule has 30 heavy (non-hydrogen) atoms. The zero-order valence-corrected chi connectivity index (χ0v) is 20.5. The predicted octanol–water partition coefficient (Wildman–Crippen LogP) is 2.82. The Morgan fingerprint density at radius 1 is 1.23 bits per heavy atom. The Bertz CT molecular complexity index is 789. The second-order valence-electron chi connectivity index (χ2n) is 7.14. The first kappa shape index (κ1) is 24.4. The first-order valence-electron chi connectivity index (χ1n) is 10.5. The average Bonchev–Trinajstić information content (AvgIpc) is 3.44. The van der Waals surface area contributed by atoms with Gasteiger partial charge in [-0.15, -0.1) is 34.2 Å². The summed E-state index contributed by atoms with van der Waals surface area (Å²) >= 11 is 0. The number of hydrogen-bond acceptors (Lipinski definition) is 5. The molecule has 1 aliphatic rings. The van der Waals surface area contributed by atoms with Crippen LogP contribution in [0.15, 0.2) is 35.6 Å². The van der Waals surface area contributed by atoms with Crippen LogP contribution in [0.25, 0.3) is 0 Å². The number of aryl methyl sites for hydroxylation is 1. The van der Waals surface area contributed by atoms with Crippen molar-refractivity contribution in [2.24, 2.45) is 4.99 Å². The van der Waals surface area contributed by atoms with Crippen molar-refractivity contribution in [3.05, 3.63) is 42.0 Å². The lowest BCUT2D eigenvalue weighted by Gasteiger charge is -2.29. The summed E-state index contributed by atoms with van der Waals surface area (Å²) in [5.41, 5.74) is 1.26. The van der Waals surface area contributed by atoms with Crippen molar-refractivity contribution in [2.45, 2.75) is 45.8 Å². The fourth-order valence-corrected chi connectivity index (χ4v) is 3.71. The van der Waals surface area contributed by atoms with Crippen LogP contribution in [0.3, 0.4) is 0 Å². The maximum atomic E-state index is 5.44. The summed E-state index contributed by atoms with van der Waals surface area (Å²) in [5, 5.41) is 15.0. The van der Waals surface area contributed by atoms with Crippen LogP contribution in [-0.2, 0) is 13.1 Å². The first-order valence-corrected chi connectivity index (χ1v) is 10.5. The molecule has 2 aromatic rings. The molecule has 0 bridgehead atoms. The molecule has 3 rings (SSSR count). The van der Waals surface area contributed by atoms with Gasteiger partial charge in [-0.25, -0.2) is 4.99 Å². The number of nitrogens with one attached hydrogen (secondary N) is 2. The minimum absolute atomic E-state index is 0. The van der Waals surface area contributed by atoms with E-state index in [2.05, 4.69) is 57.8 Å². The number of aromatic nitrogens is 3. The van der Waals surface area contributed by atoms with Gasteiger partial charge in [0.25, 0.3) is 0 Å². The van der Waals surface area contributed by atoms with Gasteiger partial charge in [0.1, 0.15) is 18.6 Å². The van der Waals surface area contributed by atoms with Crippen LogP contribution in [-0.4, -0.2) is 58.9 Å². The number of rotatable bonds is 9. The SMILES string of the molecule is CCNC(=NCc1nncn1CC)NCC(c1cccc(OC)c1)N1CCCC1.I. The number of likely N-dealkylation sites (tertiary alicyclic amines) is 1. The quantitative estimate of drug-likeness (QED) is 0.297. The Morgan fingerprint density at radius 2 is 2.03 bits per heavy atom. The molecule has 0 radical (unpaired) electrons. The molecule has 0 amide bonds. The van der Waals surface area contributed by atoms with Gasteiger partial charge in [0, 0.05) is 19.6 Å². The highest BCUT2D eigenvalue weighted by molar-refractivity contribution is 14.0. The van der Waals surface area contributed by atoms with E-state index in [4.69, 9.17) is 9.73 Å². The zero-order valence-electron chi connectivity index (χ0n) is 18.2. The zero-order chi connectivity index (χ0) is 20.5. The van der Waals surface area contributed by atoms with Crippen LogP contribution < -0.4 is 15.4 Å². The fourth-order valence-electron chi connectivity index (χ4n) is 3.71. The number of nitrogens with zero attached hydrogens (tertiary/aromatic N) is 5. The van der Waals surface area contributed by atoms with Crippen LogP contribution >= 0.6 is 24.0 Å². The summed E-state index contributed by atoms with van der Waals surface area (Å²) in [6.07, 6.45) is 4.25. The molecule has 0 aliphatic carbocycles. The van der Waals surface area contributed by atoms with Crippen molar-refractivity contribution in [3.8, 4) is 5.75 Å².